The first-order chi connectivity index (χ1) is 7.56. The van der Waals surface area contributed by atoms with E-state index in [1.54, 1.807) is 4.68 Å². The quantitative estimate of drug-likeness (QED) is 0.857. The fraction of sp³-hybridized carbons (Fsp3) is 0.417. The Morgan fingerprint density at radius 3 is 2.75 bits per heavy atom. The summed E-state index contributed by atoms with van der Waals surface area (Å²) < 4.78 is 7.26. The zero-order chi connectivity index (χ0) is 11.7. The maximum absolute atomic E-state index is 6.15. The molecule has 2 N–H and O–H groups in total. The number of nitrogens with zero attached hydrogens (tertiary/aromatic N) is 2. The zero-order valence-electron chi connectivity index (χ0n) is 9.90. The monoisotopic (exact) mass is 219 g/mol. The highest BCUT2D eigenvalue weighted by molar-refractivity contribution is 5.25. The Morgan fingerprint density at radius 1 is 1.50 bits per heavy atom. The minimum absolute atomic E-state index is 0.0263. The van der Waals surface area contributed by atoms with Gasteiger partial charge in [-0.3, -0.25) is 4.68 Å². The van der Waals surface area contributed by atoms with Crippen molar-refractivity contribution in [2.45, 2.75) is 26.3 Å². The molecule has 0 amide bonds. The molecule has 2 rings (SSSR count). The molecule has 1 atom stereocenters. The van der Waals surface area contributed by atoms with Gasteiger partial charge in [0, 0.05) is 24.8 Å². The molecule has 0 aromatic carbocycles. The summed E-state index contributed by atoms with van der Waals surface area (Å²) in [7, 11) is 1.91. The molecular weight excluding hydrogens is 202 g/mol. The van der Waals surface area contributed by atoms with Crippen LogP contribution in [0.15, 0.2) is 22.9 Å². The second-order valence-corrected chi connectivity index (χ2v) is 4.20. The lowest BCUT2D eigenvalue weighted by Gasteiger charge is -2.08. The second-order valence-electron chi connectivity index (χ2n) is 4.20. The van der Waals surface area contributed by atoms with E-state index in [0.29, 0.717) is 0 Å². The molecule has 2 aromatic rings. The van der Waals surface area contributed by atoms with Crippen molar-refractivity contribution in [2.24, 2.45) is 12.8 Å². The van der Waals surface area contributed by atoms with Crippen LogP contribution in [0.25, 0.3) is 0 Å². The Morgan fingerprint density at radius 2 is 2.25 bits per heavy atom. The number of furan rings is 1. The SMILES string of the molecule is Cc1cc(C(N)Cc2cnn(C)c2)c(C)o1. The van der Waals surface area contributed by atoms with Gasteiger partial charge in [-0.25, -0.2) is 0 Å². The Bertz CT molecular complexity index is 484. The van der Waals surface area contributed by atoms with Crippen LogP contribution < -0.4 is 5.73 Å². The van der Waals surface area contributed by atoms with Crippen LogP contribution in [0.2, 0.25) is 0 Å². The first-order valence-electron chi connectivity index (χ1n) is 5.36. The second kappa shape index (κ2) is 4.14. The fourth-order valence-electron chi connectivity index (χ4n) is 1.96. The van der Waals surface area contributed by atoms with Crippen molar-refractivity contribution in [2.75, 3.05) is 0 Å². The van der Waals surface area contributed by atoms with Crippen molar-refractivity contribution < 1.29 is 4.42 Å². The van der Waals surface area contributed by atoms with Crippen molar-refractivity contribution in [1.29, 1.82) is 0 Å². The molecule has 0 aliphatic heterocycles. The van der Waals surface area contributed by atoms with Crippen molar-refractivity contribution in [3.05, 3.63) is 41.1 Å². The average Bonchev–Trinajstić information content (AvgIpc) is 2.73. The smallest absolute Gasteiger partial charge is 0.105 e. The van der Waals surface area contributed by atoms with E-state index in [4.69, 9.17) is 10.2 Å². The van der Waals surface area contributed by atoms with Crippen molar-refractivity contribution in [3.8, 4) is 0 Å². The highest BCUT2D eigenvalue weighted by Gasteiger charge is 2.14. The summed E-state index contributed by atoms with van der Waals surface area (Å²) in [4.78, 5) is 0. The molecular formula is C12H17N3O. The Hall–Kier alpha value is -1.55. The molecule has 1 unspecified atom stereocenters. The Balaban J connectivity index is 2.14. The van der Waals surface area contributed by atoms with Gasteiger partial charge in [0.15, 0.2) is 0 Å². The molecule has 0 saturated carbocycles. The van der Waals surface area contributed by atoms with Gasteiger partial charge in [0.25, 0.3) is 0 Å². The van der Waals surface area contributed by atoms with Gasteiger partial charge in [-0.1, -0.05) is 0 Å². The molecule has 4 heteroatoms. The maximum atomic E-state index is 6.15. The lowest BCUT2D eigenvalue weighted by Crippen LogP contribution is -2.13. The first kappa shape index (κ1) is 11.0. The topological polar surface area (TPSA) is 57.0 Å². The van der Waals surface area contributed by atoms with E-state index in [9.17, 15) is 0 Å². The molecule has 0 aliphatic carbocycles. The van der Waals surface area contributed by atoms with E-state index in [0.717, 1.165) is 29.1 Å². The largest absolute Gasteiger partial charge is 0.466 e. The van der Waals surface area contributed by atoms with Gasteiger partial charge in [-0.05, 0) is 31.9 Å². The van der Waals surface area contributed by atoms with Crippen LogP contribution in [-0.2, 0) is 13.5 Å². The maximum Gasteiger partial charge on any atom is 0.105 e. The predicted octanol–water partition coefficient (Wildman–Crippen LogP) is 1.87. The first-order valence-corrected chi connectivity index (χ1v) is 5.36. The third kappa shape index (κ3) is 2.17. The molecule has 86 valence electrons. The van der Waals surface area contributed by atoms with Crippen LogP contribution in [0.4, 0.5) is 0 Å². The summed E-state index contributed by atoms with van der Waals surface area (Å²) >= 11 is 0. The van der Waals surface area contributed by atoms with Gasteiger partial charge in [-0.2, -0.15) is 5.10 Å². The summed E-state index contributed by atoms with van der Waals surface area (Å²) in [5, 5.41) is 4.13. The minimum atomic E-state index is -0.0263. The molecule has 0 bridgehead atoms. The lowest BCUT2D eigenvalue weighted by atomic mass is 10.0. The molecule has 2 aromatic heterocycles. The summed E-state index contributed by atoms with van der Waals surface area (Å²) in [5.41, 5.74) is 8.38. The molecule has 2 heterocycles. The Labute approximate surface area is 95.1 Å². The number of hydrogen-bond donors (Lipinski definition) is 1. The van der Waals surface area contributed by atoms with Gasteiger partial charge in [0.05, 0.1) is 6.20 Å². The highest BCUT2D eigenvalue weighted by atomic mass is 16.3. The summed E-state index contributed by atoms with van der Waals surface area (Å²) in [6.45, 7) is 3.89. The summed E-state index contributed by atoms with van der Waals surface area (Å²) in [6, 6.07) is 1.98. The van der Waals surface area contributed by atoms with Crippen LogP contribution in [-0.4, -0.2) is 9.78 Å². The highest BCUT2D eigenvalue weighted by Crippen LogP contribution is 2.22. The van der Waals surface area contributed by atoms with E-state index in [2.05, 4.69) is 5.10 Å². The molecule has 0 spiro atoms. The molecule has 0 aliphatic rings. The van der Waals surface area contributed by atoms with Crippen LogP contribution in [0.5, 0.6) is 0 Å². The van der Waals surface area contributed by atoms with Crippen LogP contribution in [0.1, 0.15) is 28.7 Å². The van der Waals surface area contributed by atoms with Crippen LogP contribution in [0, 0.1) is 13.8 Å². The van der Waals surface area contributed by atoms with Crippen LogP contribution in [0.3, 0.4) is 0 Å². The summed E-state index contributed by atoms with van der Waals surface area (Å²) in [5.74, 6) is 1.82. The van der Waals surface area contributed by atoms with Crippen molar-refractivity contribution in [3.63, 3.8) is 0 Å². The van der Waals surface area contributed by atoms with E-state index >= 15 is 0 Å². The Kier molecular flexibility index (Phi) is 2.83. The normalized spacial score (nSPS) is 13.0. The molecule has 0 saturated heterocycles. The zero-order valence-corrected chi connectivity index (χ0v) is 9.90. The average molecular weight is 219 g/mol. The number of nitrogens with two attached hydrogens (primary N) is 1. The van der Waals surface area contributed by atoms with Crippen LogP contribution >= 0.6 is 0 Å². The number of hydrogen-bond acceptors (Lipinski definition) is 3. The number of aromatic nitrogens is 2. The fourth-order valence-corrected chi connectivity index (χ4v) is 1.96. The van der Waals surface area contributed by atoms with E-state index in [-0.39, 0.29) is 6.04 Å². The summed E-state index contributed by atoms with van der Waals surface area (Å²) in [6.07, 6.45) is 4.62. The molecule has 0 fully saturated rings. The van der Waals surface area contributed by atoms with Gasteiger partial charge in [0.2, 0.25) is 0 Å². The van der Waals surface area contributed by atoms with Gasteiger partial charge >= 0.3 is 0 Å². The predicted molar refractivity (Wildman–Crippen MR) is 62.0 cm³/mol. The standard InChI is InChI=1S/C12H17N3O/c1-8-4-11(9(2)16-8)12(13)5-10-6-14-15(3)7-10/h4,6-7,12H,5,13H2,1-3H3. The minimum Gasteiger partial charge on any atom is -0.466 e. The number of rotatable bonds is 3. The van der Waals surface area contributed by atoms with Gasteiger partial charge in [-0.15, -0.1) is 0 Å². The van der Waals surface area contributed by atoms with Gasteiger partial charge in [0.1, 0.15) is 11.5 Å². The van der Waals surface area contributed by atoms with E-state index in [1.807, 2.05) is 39.4 Å². The lowest BCUT2D eigenvalue weighted by molar-refractivity contribution is 0.497. The third-order valence-corrected chi connectivity index (χ3v) is 2.69. The van der Waals surface area contributed by atoms with E-state index in [1.165, 1.54) is 0 Å². The third-order valence-electron chi connectivity index (χ3n) is 2.69. The molecule has 0 radical (unpaired) electrons. The van der Waals surface area contributed by atoms with E-state index < -0.39 is 0 Å². The van der Waals surface area contributed by atoms with Crippen molar-refractivity contribution in [1.82, 2.24) is 9.78 Å². The molecule has 16 heavy (non-hydrogen) atoms. The number of aryl methyl sites for hydroxylation is 3. The van der Waals surface area contributed by atoms with Gasteiger partial charge < -0.3 is 10.2 Å². The van der Waals surface area contributed by atoms with Crippen molar-refractivity contribution >= 4 is 0 Å². The molecule has 4 nitrogen and oxygen atoms in total.